The maximum absolute atomic E-state index is 10.6. The number of nitrogens with zero attached hydrogens (tertiary/aromatic N) is 1. The molecule has 0 spiro atoms. The summed E-state index contributed by atoms with van der Waals surface area (Å²) in [6, 6.07) is 6.32. The predicted molar refractivity (Wildman–Crippen MR) is 53.5 cm³/mol. The Morgan fingerprint density at radius 3 is 2.71 bits per heavy atom. The van der Waals surface area contributed by atoms with E-state index in [9.17, 15) is 15.2 Å². The summed E-state index contributed by atoms with van der Waals surface area (Å²) in [5.41, 5.74) is 0.530. The van der Waals surface area contributed by atoms with E-state index in [0.29, 0.717) is 5.56 Å². The van der Waals surface area contributed by atoms with Crippen LogP contribution < -0.4 is 0 Å². The summed E-state index contributed by atoms with van der Waals surface area (Å²) >= 11 is 5.41. The minimum absolute atomic E-state index is 0.0247. The highest BCUT2D eigenvalue weighted by Crippen LogP contribution is 2.19. The summed E-state index contributed by atoms with van der Waals surface area (Å²) in [5, 5.41) is 19.8. The Morgan fingerprint density at radius 2 is 2.14 bits per heavy atom. The van der Waals surface area contributed by atoms with Crippen molar-refractivity contribution in [3.05, 3.63) is 39.9 Å². The van der Waals surface area contributed by atoms with E-state index in [1.165, 1.54) is 6.07 Å². The molecule has 1 N–H and O–H groups in total. The minimum Gasteiger partial charge on any atom is -0.392 e. The van der Waals surface area contributed by atoms with E-state index in [4.69, 9.17) is 11.6 Å². The second-order valence-electron chi connectivity index (χ2n) is 2.90. The van der Waals surface area contributed by atoms with Gasteiger partial charge in [0.1, 0.15) is 0 Å². The lowest BCUT2D eigenvalue weighted by Gasteiger charge is -2.06. The number of alkyl halides is 1. The normalized spacial score (nSPS) is 12.4. The standard InChI is InChI=1S/C9H10ClNO3/c10-6-8(12)5-7-3-1-2-4-9(7)11(13)14/h1-4,8,12H,5-6H2/t8-/m0/s1. The first kappa shape index (κ1) is 10.9. The van der Waals surface area contributed by atoms with Crippen molar-refractivity contribution in [3.8, 4) is 0 Å². The fourth-order valence-corrected chi connectivity index (χ4v) is 1.28. The number of aliphatic hydroxyl groups excluding tert-OH is 1. The molecule has 0 aromatic heterocycles. The number of benzene rings is 1. The molecular formula is C9H10ClNO3. The molecule has 14 heavy (non-hydrogen) atoms. The van der Waals surface area contributed by atoms with Gasteiger partial charge in [0.2, 0.25) is 0 Å². The lowest BCUT2D eigenvalue weighted by molar-refractivity contribution is -0.385. The molecule has 1 atom stereocenters. The van der Waals surface area contributed by atoms with Crippen molar-refractivity contribution in [1.82, 2.24) is 0 Å². The second-order valence-corrected chi connectivity index (χ2v) is 3.21. The molecule has 0 radical (unpaired) electrons. The quantitative estimate of drug-likeness (QED) is 0.473. The first-order valence-electron chi connectivity index (χ1n) is 4.11. The molecule has 0 unspecified atom stereocenters. The van der Waals surface area contributed by atoms with Gasteiger partial charge in [-0.2, -0.15) is 0 Å². The van der Waals surface area contributed by atoms with Crippen molar-refractivity contribution in [2.75, 3.05) is 5.88 Å². The van der Waals surface area contributed by atoms with Gasteiger partial charge >= 0.3 is 0 Å². The summed E-state index contributed by atoms with van der Waals surface area (Å²) < 4.78 is 0. The highest BCUT2D eigenvalue weighted by atomic mass is 35.5. The smallest absolute Gasteiger partial charge is 0.272 e. The Kier molecular flexibility index (Phi) is 3.85. The number of rotatable bonds is 4. The van der Waals surface area contributed by atoms with E-state index in [1.807, 2.05) is 0 Å². The van der Waals surface area contributed by atoms with Crippen LogP contribution in [-0.4, -0.2) is 22.0 Å². The van der Waals surface area contributed by atoms with Crippen molar-refractivity contribution >= 4 is 17.3 Å². The Balaban J connectivity index is 2.90. The molecule has 4 nitrogen and oxygen atoms in total. The van der Waals surface area contributed by atoms with Crippen LogP contribution in [-0.2, 0) is 6.42 Å². The zero-order chi connectivity index (χ0) is 10.6. The summed E-state index contributed by atoms with van der Waals surface area (Å²) in [5.74, 6) is 0.0754. The highest BCUT2D eigenvalue weighted by Gasteiger charge is 2.14. The number of aliphatic hydroxyl groups is 1. The van der Waals surface area contributed by atoms with Crippen LogP contribution in [0.4, 0.5) is 5.69 Å². The fourth-order valence-electron chi connectivity index (χ4n) is 1.17. The van der Waals surface area contributed by atoms with E-state index < -0.39 is 11.0 Å². The molecule has 0 saturated heterocycles. The molecule has 0 aliphatic heterocycles. The molecule has 0 aliphatic rings. The van der Waals surface area contributed by atoms with Gasteiger partial charge in [0.15, 0.2) is 0 Å². The van der Waals surface area contributed by atoms with Gasteiger partial charge in [-0.15, -0.1) is 11.6 Å². The first-order chi connectivity index (χ1) is 6.65. The summed E-state index contributed by atoms with van der Waals surface area (Å²) in [6.45, 7) is 0. The molecule has 1 aromatic rings. The van der Waals surface area contributed by atoms with Crippen LogP contribution in [0.25, 0.3) is 0 Å². The summed E-state index contributed by atoms with van der Waals surface area (Å²) in [7, 11) is 0. The minimum atomic E-state index is -0.738. The SMILES string of the molecule is O=[N+]([O-])c1ccccc1C[C@H](O)CCl. The van der Waals surface area contributed by atoms with Crippen LogP contribution in [0.15, 0.2) is 24.3 Å². The van der Waals surface area contributed by atoms with Crippen LogP contribution in [0, 0.1) is 10.1 Å². The Hall–Kier alpha value is -1.13. The van der Waals surface area contributed by atoms with Crippen molar-refractivity contribution in [1.29, 1.82) is 0 Å². The molecule has 0 aliphatic carbocycles. The molecule has 1 aromatic carbocycles. The van der Waals surface area contributed by atoms with E-state index in [1.54, 1.807) is 18.2 Å². The molecule has 0 amide bonds. The Bertz CT molecular complexity index is 330. The number of nitro benzene ring substituents is 1. The monoisotopic (exact) mass is 215 g/mol. The van der Waals surface area contributed by atoms with Gasteiger partial charge in [-0.25, -0.2) is 0 Å². The average molecular weight is 216 g/mol. The van der Waals surface area contributed by atoms with Gasteiger partial charge in [-0.05, 0) is 0 Å². The van der Waals surface area contributed by atoms with Crippen LogP contribution in [0.1, 0.15) is 5.56 Å². The highest BCUT2D eigenvalue weighted by molar-refractivity contribution is 6.18. The maximum atomic E-state index is 10.6. The van der Waals surface area contributed by atoms with Crippen molar-refractivity contribution in [2.45, 2.75) is 12.5 Å². The number of halogens is 1. The third kappa shape index (κ3) is 2.68. The average Bonchev–Trinajstić information content (AvgIpc) is 2.18. The molecule has 5 heteroatoms. The third-order valence-electron chi connectivity index (χ3n) is 1.82. The first-order valence-corrected chi connectivity index (χ1v) is 4.65. The van der Waals surface area contributed by atoms with E-state index in [0.717, 1.165) is 0 Å². The van der Waals surface area contributed by atoms with Gasteiger partial charge in [0.25, 0.3) is 5.69 Å². The molecule has 0 fully saturated rings. The van der Waals surface area contributed by atoms with Crippen LogP contribution in [0.5, 0.6) is 0 Å². The Labute approximate surface area is 86.3 Å². The zero-order valence-electron chi connectivity index (χ0n) is 7.39. The number of para-hydroxylation sites is 1. The lowest BCUT2D eigenvalue weighted by atomic mass is 10.1. The van der Waals surface area contributed by atoms with Crippen molar-refractivity contribution in [2.24, 2.45) is 0 Å². The van der Waals surface area contributed by atoms with Crippen LogP contribution >= 0.6 is 11.6 Å². The van der Waals surface area contributed by atoms with Gasteiger partial charge in [-0.3, -0.25) is 10.1 Å². The van der Waals surface area contributed by atoms with Crippen LogP contribution in [0.3, 0.4) is 0 Å². The van der Waals surface area contributed by atoms with Gasteiger partial charge in [-0.1, -0.05) is 18.2 Å². The fraction of sp³-hybridized carbons (Fsp3) is 0.333. The maximum Gasteiger partial charge on any atom is 0.272 e. The molecular weight excluding hydrogens is 206 g/mol. The number of hydrogen-bond acceptors (Lipinski definition) is 3. The summed E-state index contributed by atoms with van der Waals surface area (Å²) in [6.07, 6.45) is -0.529. The van der Waals surface area contributed by atoms with Crippen molar-refractivity contribution < 1.29 is 10.0 Å². The topological polar surface area (TPSA) is 63.4 Å². The van der Waals surface area contributed by atoms with E-state index in [-0.39, 0.29) is 18.0 Å². The molecule has 0 bridgehead atoms. The molecule has 1 rings (SSSR count). The van der Waals surface area contributed by atoms with Crippen molar-refractivity contribution in [3.63, 3.8) is 0 Å². The second kappa shape index (κ2) is 4.93. The summed E-state index contributed by atoms with van der Waals surface area (Å²) in [4.78, 5) is 10.1. The zero-order valence-corrected chi connectivity index (χ0v) is 8.15. The molecule has 0 heterocycles. The third-order valence-corrected chi connectivity index (χ3v) is 2.18. The van der Waals surface area contributed by atoms with Gasteiger partial charge in [0, 0.05) is 23.9 Å². The van der Waals surface area contributed by atoms with Gasteiger partial charge < -0.3 is 5.11 Å². The van der Waals surface area contributed by atoms with E-state index in [2.05, 4.69) is 0 Å². The largest absolute Gasteiger partial charge is 0.392 e. The van der Waals surface area contributed by atoms with Crippen LogP contribution in [0.2, 0.25) is 0 Å². The molecule has 0 saturated carbocycles. The number of hydrogen-bond donors (Lipinski definition) is 1. The van der Waals surface area contributed by atoms with E-state index >= 15 is 0 Å². The Morgan fingerprint density at radius 1 is 1.50 bits per heavy atom. The lowest BCUT2D eigenvalue weighted by Crippen LogP contribution is -2.12. The van der Waals surface area contributed by atoms with Gasteiger partial charge in [0.05, 0.1) is 11.0 Å². The molecule has 76 valence electrons. The number of nitro groups is 1. The predicted octanol–water partition coefficient (Wildman–Crippen LogP) is 1.74.